The van der Waals surface area contributed by atoms with Gasteiger partial charge in [-0.25, -0.2) is 4.98 Å². The summed E-state index contributed by atoms with van der Waals surface area (Å²) in [5.41, 5.74) is 16.7. The van der Waals surface area contributed by atoms with E-state index in [0.717, 1.165) is 0 Å². The third kappa shape index (κ3) is 14.7. The van der Waals surface area contributed by atoms with E-state index in [1.807, 2.05) is 27.7 Å². The normalized spacial score (nSPS) is 14.5. The minimum absolute atomic E-state index is 0.00705. The quantitative estimate of drug-likeness (QED) is 0.0707. The number of aldehydes is 1. The molecule has 0 aromatic carbocycles. The Morgan fingerprint density at radius 3 is 1.70 bits per heavy atom. The molecular weight excluding hydrogens is 574 g/mol. The second kappa shape index (κ2) is 19.0. The van der Waals surface area contributed by atoms with Crippen LogP contribution >= 0.6 is 0 Å². The number of nitrogens with one attached hydrogen (secondary N) is 5. The van der Waals surface area contributed by atoms with Gasteiger partial charge >= 0.3 is 0 Å². The molecule has 1 aromatic rings. The summed E-state index contributed by atoms with van der Waals surface area (Å²) in [6.45, 7) is 7.39. The summed E-state index contributed by atoms with van der Waals surface area (Å²) in [5.74, 6) is -3.98. The van der Waals surface area contributed by atoms with Crippen molar-refractivity contribution in [2.75, 3.05) is 0 Å². The number of primary amides is 2. The lowest BCUT2D eigenvalue weighted by Crippen LogP contribution is -2.59. The number of hydrogen-bond donors (Lipinski definition) is 8. The first-order chi connectivity index (χ1) is 20.6. The molecule has 0 radical (unpaired) electrons. The van der Waals surface area contributed by atoms with Crippen molar-refractivity contribution in [1.29, 1.82) is 0 Å². The molecule has 1 heterocycles. The van der Waals surface area contributed by atoms with E-state index in [-0.39, 0.29) is 56.8 Å². The zero-order valence-corrected chi connectivity index (χ0v) is 25.8. The fourth-order valence-corrected chi connectivity index (χ4v) is 4.24. The van der Waals surface area contributed by atoms with Crippen molar-refractivity contribution in [3.63, 3.8) is 0 Å². The highest BCUT2D eigenvalue weighted by Gasteiger charge is 2.32. The molecule has 0 aliphatic heterocycles. The van der Waals surface area contributed by atoms with Crippen molar-refractivity contribution >= 4 is 41.7 Å². The number of carbonyl (C=O) groups is 7. The Bertz CT molecular complexity index is 1120. The van der Waals surface area contributed by atoms with Crippen LogP contribution in [0.4, 0.5) is 0 Å². The maximum atomic E-state index is 13.5. The van der Waals surface area contributed by atoms with Crippen molar-refractivity contribution in [3.05, 3.63) is 18.2 Å². The van der Waals surface area contributed by atoms with Gasteiger partial charge in [-0.05, 0) is 37.5 Å². The van der Waals surface area contributed by atoms with Crippen molar-refractivity contribution < 1.29 is 33.6 Å². The van der Waals surface area contributed by atoms with Crippen LogP contribution in [0.2, 0.25) is 0 Å². The van der Waals surface area contributed by atoms with Gasteiger partial charge in [0.15, 0.2) is 0 Å². The van der Waals surface area contributed by atoms with Crippen LogP contribution in [-0.2, 0) is 40.0 Å². The highest BCUT2D eigenvalue weighted by atomic mass is 16.2. The molecular formula is C28H47N9O7. The Labute approximate surface area is 256 Å². The van der Waals surface area contributed by atoms with Gasteiger partial charge in [0.05, 0.1) is 18.4 Å². The molecule has 5 atom stereocenters. The summed E-state index contributed by atoms with van der Waals surface area (Å²) in [4.78, 5) is 93.3. The maximum Gasteiger partial charge on any atom is 0.243 e. The van der Waals surface area contributed by atoms with Crippen molar-refractivity contribution in [2.45, 2.75) is 103 Å². The van der Waals surface area contributed by atoms with Crippen molar-refractivity contribution in [2.24, 2.45) is 29.0 Å². The molecule has 246 valence electrons. The van der Waals surface area contributed by atoms with Crippen LogP contribution in [0.1, 0.15) is 71.9 Å². The van der Waals surface area contributed by atoms with Crippen molar-refractivity contribution in [3.8, 4) is 0 Å². The first kappa shape index (κ1) is 37.7. The van der Waals surface area contributed by atoms with Crippen LogP contribution in [-0.4, -0.2) is 81.9 Å². The summed E-state index contributed by atoms with van der Waals surface area (Å²) >= 11 is 0. The monoisotopic (exact) mass is 621 g/mol. The Morgan fingerprint density at radius 2 is 1.25 bits per heavy atom. The number of hydrogen-bond acceptors (Lipinski definition) is 9. The molecule has 16 nitrogen and oxygen atoms in total. The number of amides is 6. The lowest BCUT2D eigenvalue weighted by molar-refractivity contribution is -0.134. The van der Waals surface area contributed by atoms with Gasteiger partial charge < -0.3 is 48.2 Å². The number of imidazole rings is 1. The van der Waals surface area contributed by atoms with E-state index >= 15 is 0 Å². The molecule has 0 unspecified atom stereocenters. The Hall–Kier alpha value is -4.34. The predicted octanol–water partition coefficient (Wildman–Crippen LogP) is -1.96. The zero-order valence-electron chi connectivity index (χ0n) is 25.8. The third-order valence-electron chi connectivity index (χ3n) is 6.52. The van der Waals surface area contributed by atoms with Gasteiger partial charge in [-0.15, -0.1) is 0 Å². The highest BCUT2D eigenvalue weighted by molar-refractivity contribution is 5.95. The van der Waals surface area contributed by atoms with Crippen LogP contribution in [0.15, 0.2) is 12.5 Å². The Kier molecular flexibility index (Phi) is 16.3. The van der Waals surface area contributed by atoms with E-state index < -0.39 is 65.7 Å². The maximum absolute atomic E-state index is 13.5. The van der Waals surface area contributed by atoms with E-state index in [9.17, 15) is 33.6 Å². The fourth-order valence-electron chi connectivity index (χ4n) is 4.24. The molecule has 0 fully saturated rings. The van der Waals surface area contributed by atoms with Gasteiger partial charge in [-0.1, -0.05) is 27.7 Å². The molecule has 16 heteroatoms. The molecule has 0 aliphatic carbocycles. The molecule has 44 heavy (non-hydrogen) atoms. The van der Waals surface area contributed by atoms with Gasteiger partial charge in [-0.2, -0.15) is 0 Å². The lowest BCUT2D eigenvalue weighted by Gasteiger charge is -2.27. The largest absolute Gasteiger partial charge is 0.370 e. The summed E-state index contributed by atoms with van der Waals surface area (Å²) in [6.07, 6.45) is 3.55. The number of nitrogens with zero attached hydrogens (tertiary/aromatic N) is 1. The topological polar surface area (TPSA) is 274 Å². The second-order valence-electron chi connectivity index (χ2n) is 11.6. The molecule has 1 aromatic heterocycles. The average Bonchev–Trinajstić information content (AvgIpc) is 3.45. The number of carbonyl (C=O) groups excluding carboxylic acids is 7. The van der Waals surface area contributed by atoms with Crippen LogP contribution in [0.5, 0.6) is 0 Å². The van der Waals surface area contributed by atoms with E-state index in [1.54, 1.807) is 0 Å². The van der Waals surface area contributed by atoms with Crippen LogP contribution in [0.3, 0.4) is 0 Å². The Balaban J connectivity index is 3.13. The molecule has 0 saturated carbocycles. The molecule has 6 amide bonds. The summed E-state index contributed by atoms with van der Waals surface area (Å²) in [6, 6.07) is -5.39. The second-order valence-corrected chi connectivity index (χ2v) is 11.6. The molecule has 0 saturated heterocycles. The number of rotatable bonds is 21. The van der Waals surface area contributed by atoms with Crippen molar-refractivity contribution in [1.82, 2.24) is 31.2 Å². The van der Waals surface area contributed by atoms with Gasteiger partial charge in [0.2, 0.25) is 35.4 Å². The molecule has 0 spiro atoms. The van der Waals surface area contributed by atoms with E-state index in [1.165, 1.54) is 12.5 Å². The molecule has 0 bridgehead atoms. The smallest absolute Gasteiger partial charge is 0.243 e. The first-order valence-electron chi connectivity index (χ1n) is 14.6. The number of nitrogens with two attached hydrogens (primary N) is 3. The predicted molar refractivity (Wildman–Crippen MR) is 160 cm³/mol. The van der Waals surface area contributed by atoms with Crippen LogP contribution < -0.4 is 38.5 Å². The number of aromatic amines is 1. The first-order valence-corrected chi connectivity index (χ1v) is 14.6. The lowest BCUT2D eigenvalue weighted by atomic mass is 9.99. The van der Waals surface area contributed by atoms with E-state index in [4.69, 9.17) is 17.2 Å². The van der Waals surface area contributed by atoms with E-state index in [2.05, 4.69) is 31.2 Å². The average molecular weight is 622 g/mol. The van der Waals surface area contributed by atoms with Gasteiger partial charge in [0.1, 0.15) is 24.4 Å². The standard InChI is InChI=1S/C28H47N9O7/c1-15(2)9-20(26(42)34-17(13-38)5-7-23(30)39)36-27(43)21(10-16(3)4)37-28(44)22(11-18-12-32-14-33-18)35-25(41)19(29)6-8-24(31)40/h12-17,19-22H,5-11,29H2,1-4H3,(H2,30,39)(H2,31,40)(H,32,33)(H,34,42)(H,35,41)(H,36,43)(H,37,44)/t17-,19-,20-,21-,22-/m0/s1. The molecule has 11 N–H and O–H groups in total. The SMILES string of the molecule is CC(C)C[C@H](NC(=O)[C@H](CC(C)C)NC(=O)[C@H](Cc1cnc[nH]1)NC(=O)[C@@H](N)CCC(N)=O)C(=O)N[C@H](C=O)CCC(N)=O. The Morgan fingerprint density at radius 1 is 0.773 bits per heavy atom. The minimum Gasteiger partial charge on any atom is -0.370 e. The van der Waals surface area contributed by atoms with Gasteiger partial charge in [0, 0.05) is 31.2 Å². The summed E-state index contributed by atoms with van der Waals surface area (Å²) in [5, 5.41) is 10.5. The molecule has 1 rings (SSSR count). The van der Waals surface area contributed by atoms with Crippen LogP contribution in [0.25, 0.3) is 0 Å². The zero-order chi connectivity index (χ0) is 33.4. The number of aromatic nitrogens is 2. The third-order valence-corrected chi connectivity index (χ3v) is 6.52. The van der Waals surface area contributed by atoms with Gasteiger partial charge in [-0.3, -0.25) is 28.8 Å². The fraction of sp³-hybridized carbons (Fsp3) is 0.643. The summed E-state index contributed by atoms with van der Waals surface area (Å²) in [7, 11) is 0. The van der Waals surface area contributed by atoms with Crippen LogP contribution in [0, 0.1) is 11.8 Å². The highest BCUT2D eigenvalue weighted by Crippen LogP contribution is 2.11. The van der Waals surface area contributed by atoms with Gasteiger partial charge in [0.25, 0.3) is 0 Å². The molecule has 0 aliphatic rings. The number of H-pyrrole nitrogens is 1. The summed E-state index contributed by atoms with van der Waals surface area (Å²) < 4.78 is 0. The minimum atomic E-state index is -1.17. The van der Waals surface area contributed by atoms with E-state index in [0.29, 0.717) is 12.0 Å².